The lowest BCUT2D eigenvalue weighted by atomic mass is 9.98. The van der Waals surface area contributed by atoms with E-state index in [0.29, 0.717) is 43.0 Å². The Balaban J connectivity index is 1.52. The number of carbonyl (C=O) groups is 1. The fourth-order valence-electron chi connectivity index (χ4n) is 2.76. The van der Waals surface area contributed by atoms with E-state index in [-0.39, 0.29) is 16.7 Å². The standard InChI is InChI=1S/C15H19N5O3S2/c1-11-14(24-19-18-11)15(21)17-9-12-4-7-20(8-5-12)25(22,23)13-3-2-6-16-10-13/h2-3,6,10,12H,4-5,7-9H2,1H3,(H,17,21). The van der Waals surface area contributed by atoms with Gasteiger partial charge in [0.1, 0.15) is 9.77 Å². The second kappa shape index (κ2) is 7.54. The van der Waals surface area contributed by atoms with E-state index in [0.717, 1.165) is 11.5 Å². The van der Waals surface area contributed by atoms with Crippen molar-refractivity contribution in [3.05, 3.63) is 35.1 Å². The largest absolute Gasteiger partial charge is 0.351 e. The van der Waals surface area contributed by atoms with Crippen molar-refractivity contribution >= 4 is 27.5 Å². The Kier molecular flexibility index (Phi) is 5.40. The summed E-state index contributed by atoms with van der Waals surface area (Å²) in [5, 5.41) is 6.72. The van der Waals surface area contributed by atoms with Gasteiger partial charge in [-0.3, -0.25) is 9.78 Å². The second-order valence-corrected chi connectivity index (χ2v) is 8.63. The normalized spacial score (nSPS) is 16.7. The molecule has 0 atom stereocenters. The summed E-state index contributed by atoms with van der Waals surface area (Å²) in [5.74, 6) is 0.0865. The molecule has 2 aromatic rings. The molecule has 0 spiro atoms. The second-order valence-electron chi connectivity index (χ2n) is 5.93. The number of aromatic nitrogens is 3. The summed E-state index contributed by atoms with van der Waals surface area (Å²) in [4.78, 5) is 16.7. The minimum atomic E-state index is -3.49. The number of piperidine rings is 1. The number of nitrogens with zero attached hydrogens (tertiary/aromatic N) is 4. The zero-order valence-corrected chi connectivity index (χ0v) is 15.4. The first kappa shape index (κ1) is 17.9. The predicted molar refractivity (Wildman–Crippen MR) is 92.7 cm³/mol. The van der Waals surface area contributed by atoms with Crippen LogP contribution in [0.4, 0.5) is 0 Å². The van der Waals surface area contributed by atoms with Crippen LogP contribution < -0.4 is 5.32 Å². The van der Waals surface area contributed by atoms with Crippen LogP contribution >= 0.6 is 11.5 Å². The summed E-state index contributed by atoms with van der Waals surface area (Å²) in [6.45, 7) is 3.16. The Morgan fingerprint density at radius 1 is 1.40 bits per heavy atom. The summed E-state index contributed by atoms with van der Waals surface area (Å²) in [7, 11) is -3.49. The highest BCUT2D eigenvalue weighted by atomic mass is 32.2. The number of carbonyl (C=O) groups excluding carboxylic acids is 1. The van der Waals surface area contributed by atoms with Crippen molar-refractivity contribution in [1.29, 1.82) is 0 Å². The van der Waals surface area contributed by atoms with E-state index in [2.05, 4.69) is 19.9 Å². The van der Waals surface area contributed by atoms with E-state index >= 15 is 0 Å². The lowest BCUT2D eigenvalue weighted by molar-refractivity contribution is 0.0944. The van der Waals surface area contributed by atoms with Gasteiger partial charge in [-0.05, 0) is 49.3 Å². The van der Waals surface area contributed by atoms with E-state index in [1.165, 1.54) is 10.5 Å². The Hall–Kier alpha value is -1.91. The maximum Gasteiger partial charge on any atom is 0.264 e. The third-order valence-corrected chi connectivity index (χ3v) is 6.96. The van der Waals surface area contributed by atoms with Crippen LogP contribution in [0.2, 0.25) is 0 Å². The van der Waals surface area contributed by atoms with Crippen molar-refractivity contribution in [3.8, 4) is 0 Å². The molecule has 0 aliphatic carbocycles. The zero-order chi connectivity index (χ0) is 17.9. The number of aryl methyl sites for hydroxylation is 1. The third-order valence-electron chi connectivity index (χ3n) is 4.25. The molecule has 1 aliphatic heterocycles. The lowest BCUT2D eigenvalue weighted by Crippen LogP contribution is -2.41. The van der Waals surface area contributed by atoms with Gasteiger partial charge in [0.15, 0.2) is 0 Å². The number of hydrogen-bond donors (Lipinski definition) is 1. The summed E-state index contributed by atoms with van der Waals surface area (Å²) in [6, 6.07) is 3.17. The maximum atomic E-state index is 12.6. The van der Waals surface area contributed by atoms with E-state index in [1.807, 2.05) is 0 Å². The first-order valence-corrected chi connectivity index (χ1v) is 10.2. The molecule has 3 rings (SSSR count). The highest BCUT2D eigenvalue weighted by Gasteiger charge is 2.29. The van der Waals surface area contributed by atoms with Gasteiger partial charge in [-0.2, -0.15) is 4.31 Å². The number of nitrogens with one attached hydrogen (secondary N) is 1. The molecule has 0 bridgehead atoms. The zero-order valence-electron chi connectivity index (χ0n) is 13.8. The van der Waals surface area contributed by atoms with Crippen LogP contribution in [-0.4, -0.2) is 52.8 Å². The van der Waals surface area contributed by atoms with Gasteiger partial charge in [0.2, 0.25) is 10.0 Å². The van der Waals surface area contributed by atoms with E-state index in [9.17, 15) is 13.2 Å². The molecule has 134 valence electrons. The first-order valence-electron chi connectivity index (χ1n) is 7.96. The molecule has 1 saturated heterocycles. The topological polar surface area (TPSA) is 105 Å². The summed E-state index contributed by atoms with van der Waals surface area (Å²) in [6.07, 6.45) is 4.33. The van der Waals surface area contributed by atoms with Crippen molar-refractivity contribution in [2.24, 2.45) is 5.92 Å². The summed E-state index contributed by atoms with van der Waals surface area (Å²) < 4.78 is 30.4. The highest BCUT2D eigenvalue weighted by molar-refractivity contribution is 7.89. The molecule has 0 radical (unpaired) electrons. The molecule has 1 amide bonds. The van der Waals surface area contributed by atoms with Crippen molar-refractivity contribution in [3.63, 3.8) is 0 Å². The Labute approximate surface area is 150 Å². The molecule has 2 aromatic heterocycles. The quantitative estimate of drug-likeness (QED) is 0.831. The average molecular weight is 381 g/mol. The van der Waals surface area contributed by atoms with Crippen molar-refractivity contribution < 1.29 is 13.2 Å². The number of amides is 1. The molecule has 1 fully saturated rings. The van der Waals surface area contributed by atoms with Gasteiger partial charge in [0.05, 0.1) is 5.69 Å². The highest BCUT2D eigenvalue weighted by Crippen LogP contribution is 2.23. The van der Waals surface area contributed by atoms with Gasteiger partial charge in [0, 0.05) is 32.0 Å². The smallest absolute Gasteiger partial charge is 0.264 e. The van der Waals surface area contributed by atoms with Crippen LogP contribution in [0.25, 0.3) is 0 Å². The van der Waals surface area contributed by atoms with E-state index in [4.69, 9.17) is 0 Å². The van der Waals surface area contributed by atoms with E-state index < -0.39 is 10.0 Å². The summed E-state index contributed by atoms with van der Waals surface area (Å²) in [5.41, 5.74) is 0.625. The molecule has 10 heteroatoms. The predicted octanol–water partition coefficient (Wildman–Crippen LogP) is 1.07. The van der Waals surface area contributed by atoms with Gasteiger partial charge in [0.25, 0.3) is 5.91 Å². The monoisotopic (exact) mass is 381 g/mol. The van der Waals surface area contributed by atoms with Crippen molar-refractivity contribution in [1.82, 2.24) is 24.2 Å². The molecule has 1 N–H and O–H groups in total. The minimum Gasteiger partial charge on any atom is -0.351 e. The van der Waals surface area contributed by atoms with Gasteiger partial charge in [-0.15, -0.1) is 5.10 Å². The Morgan fingerprint density at radius 3 is 2.76 bits per heavy atom. The van der Waals surface area contributed by atoms with Gasteiger partial charge >= 0.3 is 0 Å². The molecule has 0 unspecified atom stereocenters. The Morgan fingerprint density at radius 2 is 2.16 bits per heavy atom. The molecule has 25 heavy (non-hydrogen) atoms. The van der Waals surface area contributed by atoms with Crippen LogP contribution in [0.3, 0.4) is 0 Å². The van der Waals surface area contributed by atoms with Gasteiger partial charge in [-0.1, -0.05) is 4.49 Å². The number of rotatable bonds is 5. The van der Waals surface area contributed by atoms with Gasteiger partial charge < -0.3 is 5.32 Å². The SMILES string of the molecule is Cc1nnsc1C(=O)NCC1CCN(S(=O)(=O)c2cccnc2)CC1. The fourth-order valence-corrected chi connectivity index (χ4v) is 4.77. The van der Waals surface area contributed by atoms with Crippen molar-refractivity contribution in [2.75, 3.05) is 19.6 Å². The summed E-state index contributed by atoms with van der Waals surface area (Å²) >= 11 is 1.08. The first-order chi connectivity index (χ1) is 12.0. The minimum absolute atomic E-state index is 0.169. The molecular weight excluding hydrogens is 362 g/mol. The molecule has 0 saturated carbocycles. The average Bonchev–Trinajstić information content (AvgIpc) is 3.07. The van der Waals surface area contributed by atoms with Crippen LogP contribution in [0.15, 0.2) is 29.4 Å². The molecule has 1 aliphatic rings. The van der Waals surface area contributed by atoms with Crippen LogP contribution in [0, 0.1) is 12.8 Å². The molecule has 3 heterocycles. The van der Waals surface area contributed by atoms with Crippen LogP contribution in [0.5, 0.6) is 0 Å². The number of sulfonamides is 1. The fraction of sp³-hybridized carbons (Fsp3) is 0.467. The Bertz CT molecular complexity index is 830. The van der Waals surface area contributed by atoms with Crippen molar-refractivity contribution in [2.45, 2.75) is 24.7 Å². The van der Waals surface area contributed by atoms with Gasteiger partial charge in [-0.25, -0.2) is 8.42 Å². The van der Waals surface area contributed by atoms with Crippen LogP contribution in [0.1, 0.15) is 28.2 Å². The molecule has 8 nitrogen and oxygen atoms in total. The molecular formula is C15H19N5O3S2. The number of hydrogen-bond acceptors (Lipinski definition) is 7. The van der Waals surface area contributed by atoms with E-state index in [1.54, 1.807) is 25.3 Å². The maximum absolute atomic E-state index is 12.6. The number of pyridine rings is 1. The molecule has 0 aromatic carbocycles. The lowest BCUT2D eigenvalue weighted by Gasteiger charge is -2.31. The third kappa shape index (κ3) is 4.02. The van der Waals surface area contributed by atoms with Crippen LogP contribution in [-0.2, 0) is 10.0 Å².